The van der Waals surface area contributed by atoms with Gasteiger partial charge in [-0.1, -0.05) is 55.8 Å². The third-order valence-electron chi connectivity index (χ3n) is 4.89. The molecule has 0 bridgehead atoms. The number of aromatic nitrogens is 2. The maximum atomic E-state index is 12.6. The predicted octanol–water partition coefficient (Wildman–Crippen LogP) is 3.10. The number of rotatable bonds is 7. The van der Waals surface area contributed by atoms with Crippen LogP contribution in [0.3, 0.4) is 0 Å². The fraction of sp³-hybridized carbons (Fsp3) is 0.333. The number of nitrogens with two attached hydrogens (primary N) is 1. The van der Waals surface area contributed by atoms with Crippen molar-refractivity contribution in [3.05, 3.63) is 68.9 Å². The number of nitrogens with one attached hydrogen (secondary N) is 1. The monoisotopic (exact) mass is 366 g/mol. The SMILES string of the molecule is CCCCn1c(N)c(N(CC)Cc2cccc3ccccc23)c(=O)[nH]c1=O. The van der Waals surface area contributed by atoms with E-state index in [-0.39, 0.29) is 5.82 Å². The van der Waals surface area contributed by atoms with Crippen LogP contribution in [0.1, 0.15) is 32.3 Å². The highest BCUT2D eigenvalue weighted by Gasteiger charge is 2.18. The molecule has 3 aromatic rings. The van der Waals surface area contributed by atoms with E-state index in [9.17, 15) is 9.59 Å². The quantitative estimate of drug-likeness (QED) is 0.673. The van der Waals surface area contributed by atoms with Crippen LogP contribution in [0.25, 0.3) is 10.8 Å². The van der Waals surface area contributed by atoms with Gasteiger partial charge in [0.2, 0.25) is 0 Å². The summed E-state index contributed by atoms with van der Waals surface area (Å²) in [6.07, 6.45) is 1.76. The normalized spacial score (nSPS) is 11.0. The van der Waals surface area contributed by atoms with Crippen molar-refractivity contribution in [3.63, 3.8) is 0 Å². The summed E-state index contributed by atoms with van der Waals surface area (Å²) in [6.45, 7) is 5.66. The maximum Gasteiger partial charge on any atom is 0.330 e. The van der Waals surface area contributed by atoms with Crippen molar-refractivity contribution in [1.82, 2.24) is 9.55 Å². The van der Waals surface area contributed by atoms with Gasteiger partial charge in [-0.25, -0.2) is 4.79 Å². The molecule has 0 atom stereocenters. The molecule has 0 fully saturated rings. The molecule has 0 spiro atoms. The van der Waals surface area contributed by atoms with E-state index in [2.05, 4.69) is 29.2 Å². The van der Waals surface area contributed by atoms with Crippen LogP contribution in [0.4, 0.5) is 11.5 Å². The minimum atomic E-state index is -0.448. The predicted molar refractivity (Wildman–Crippen MR) is 111 cm³/mol. The first kappa shape index (κ1) is 18.8. The van der Waals surface area contributed by atoms with Gasteiger partial charge in [0.15, 0.2) is 0 Å². The van der Waals surface area contributed by atoms with Crippen molar-refractivity contribution in [3.8, 4) is 0 Å². The molecule has 0 aliphatic rings. The molecule has 0 aliphatic carbocycles. The Balaban J connectivity index is 2.05. The van der Waals surface area contributed by atoms with Gasteiger partial charge in [-0.3, -0.25) is 14.3 Å². The maximum absolute atomic E-state index is 12.6. The number of H-pyrrole nitrogens is 1. The minimum absolute atomic E-state index is 0.235. The Kier molecular flexibility index (Phi) is 5.64. The lowest BCUT2D eigenvalue weighted by atomic mass is 10.0. The van der Waals surface area contributed by atoms with Crippen LogP contribution in [0.15, 0.2) is 52.1 Å². The number of hydrogen-bond acceptors (Lipinski definition) is 4. The fourth-order valence-corrected chi connectivity index (χ4v) is 3.41. The molecule has 0 aliphatic heterocycles. The number of anilines is 2. The van der Waals surface area contributed by atoms with Crippen molar-refractivity contribution in [2.45, 2.75) is 39.8 Å². The van der Waals surface area contributed by atoms with Crippen LogP contribution in [0.2, 0.25) is 0 Å². The highest BCUT2D eigenvalue weighted by Crippen LogP contribution is 2.24. The summed E-state index contributed by atoms with van der Waals surface area (Å²) in [5.74, 6) is 0.235. The summed E-state index contributed by atoms with van der Waals surface area (Å²) in [6, 6.07) is 14.3. The van der Waals surface area contributed by atoms with Crippen LogP contribution in [-0.4, -0.2) is 16.1 Å². The van der Waals surface area contributed by atoms with Gasteiger partial charge < -0.3 is 10.6 Å². The van der Waals surface area contributed by atoms with E-state index in [1.807, 2.05) is 36.9 Å². The average molecular weight is 366 g/mol. The lowest BCUT2D eigenvalue weighted by Gasteiger charge is -2.25. The second-order valence-corrected chi connectivity index (χ2v) is 6.65. The summed E-state index contributed by atoms with van der Waals surface area (Å²) in [5.41, 5.74) is 6.86. The fourth-order valence-electron chi connectivity index (χ4n) is 3.41. The van der Waals surface area contributed by atoms with E-state index in [4.69, 9.17) is 5.73 Å². The van der Waals surface area contributed by atoms with Gasteiger partial charge in [0.1, 0.15) is 11.5 Å². The number of nitrogen functional groups attached to an aromatic ring is 1. The van der Waals surface area contributed by atoms with Crippen LogP contribution in [0, 0.1) is 0 Å². The van der Waals surface area contributed by atoms with Crippen molar-refractivity contribution in [2.24, 2.45) is 0 Å². The topological polar surface area (TPSA) is 84.1 Å². The number of fused-ring (bicyclic) bond motifs is 1. The minimum Gasteiger partial charge on any atom is -0.383 e. The van der Waals surface area contributed by atoms with E-state index >= 15 is 0 Å². The van der Waals surface area contributed by atoms with E-state index in [0.29, 0.717) is 25.3 Å². The highest BCUT2D eigenvalue weighted by atomic mass is 16.2. The lowest BCUT2D eigenvalue weighted by Crippen LogP contribution is -2.38. The highest BCUT2D eigenvalue weighted by molar-refractivity contribution is 5.86. The summed E-state index contributed by atoms with van der Waals surface area (Å²) < 4.78 is 1.46. The number of benzene rings is 2. The first-order chi connectivity index (χ1) is 13.1. The lowest BCUT2D eigenvalue weighted by molar-refractivity contribution is 0.602. The van der Waals surface area contributed by atoms with Crippen molar-refractivity contribution < 1.29 is 0 Å². The van der Waals surface area contributed by atoms with Gasteiger partial charge in [0.05, 0.1) is 0 Å². The molecule has 0 radical (unpaired) electrons. The molecule has 3 N–H and O–H groups in total. The van der Waals surface area contributed by atoms with Gasteiger partial charge in [-0.05, 0) is 29.7 Å². The Morgan fingerprint density at radius 1 is 1.07 bits per heavy atom. The second kappa shape index (κ2) is 8.12. The summed E-state index contributed by atoms with van der Waals surface area (Å²) >= 11 is 0. The van der Waals surface area contributed by atoms with Gasteiger partial charge in [0.25, 0.3) is 5.56 Å². The van der Waals surface area contributed by atoms with Crippen molar-refractivity contribution in [1.29, 1.82) is 0 Å². The van der Waals surface area contributed by atoms with Crippen molar-refractivity contribution in [2.75, 3.05) is 17.2 Å². The summed E-state index contributed by atoms with van der Waals surface area (Å²) in [7, 11) is 0. The third kappa shape index (κ3) is 3.74. The van der Waals surface area contributed by atoms with Crippen LogP contribution >= 0.6 is 0 Å². The van der Waals surface area contributed by atoms with Crippen LogP contribution < -0.4 is 21.9 Å². The molecule has 0 saturated heterocycles. The van der Waals surface area contributed by atoms with Crippen LogP contribution in [-0.2, 0) is 13.1 Å². The van der Waals surface area contributed by atoms with Gasteiger partial charge in [-0.15, -0.1) is 0 Å². The molecular weight excluding hydrogens is 340 g/mol. The Labute approximate surface area is 158 Å². The van der Waals surface area contributed by atoms with Gasteiger partial charge in [0, 0.05) is 19.6 Å². The van der Waals surface area contributed by atoms with E-state index < -0.39 is 11.2 Å². The average Bonchev–Trinajstić information content (AvgIpc) is 2.67. The van der Waals surface area contributed by atoms with E-state index in [0.717, 1.165) is 29.2 Å². The second-order valence-electron chi connectivity index (χ2n) is 6.65. The molecular formula is C21H26N4O2. The Hall–Kier alpha value is -3.02. The zero-order valence-corrected chi connectivity index (χ0v) is 15.9. The molecule has 0 amide bonds. The molecule has 1 aromatic heterocycles. The molecule has 142 valence electrons. The van der Waals surface area contributed by atoms with Crippen LogP contribution in [0.5, 0.6) is 0 Å². The number of nitrogens with zero attached hydrogens (tertiary/aromatic N) is 2. The van der Waals surface area contributed by atoms with Crippen molar-refractivity contribution >= 4 is 22.3 Å². The molecule has 6 heteroatoms. The number of unbranched alkanes of at least 4 members (excludes halogenated alkanes) is 1. The molecule has 1 heterocycles. The number of aromatic amines is 1. The Morgan fingerprint density at radius 3 is 2.56 bits per heavy atom. The largest absolute Gasteiger partial charge is 0.383 e. The molecule has 0 saturated carbocycles. The van der Waals surface area contributed by atoms with Gasteiger partial charge in [-0.2, -0.15) is 0 Å². The molecule has 2 aromatic carbocycles. The van der Waals surface area contributed by atoms with Gasteiger partial charge >= 0.3 is 5.69 Å². The zero-order chi connectivity index (χ0) is 19.4. The molecule has 3 rings (SSSR count). The van der Waals surface area contributed by atoms with E-state index in [1.165, 1.54) is 4.57 Å². The Morgan fingerprint density at radius 2 is 1.81 bits per heavy atom. The summed E-state index contributed by atoms with van der Waals surface area (Å²) in [5, 5.41) is 2.30. The first-order valence-corrected chi connectivity index (χ1v) is 9.41. The Bertz CT molecular complexity index is 1050. The first-order valence-electron chi connectivity index (χ1n) is 9.41. The molecule has 27 heavy (non-hydrogen) atoms. The molecule has 6 nitrogen and oxygen atoms in total. The zero-order valence-electron chi connectivity index (χ0n) is 15.9. The smallest absolute Gasteiger partial charge is 0.330 e. The summed E-state index contributed by atoms with van der Waals surface area (Å²) in [4.78, 5) is 29.1. The number of hydrogen-bond donors (Lipinski definition) is 2. The van der Waals surface area contributed by atoms with E-state index in [1.54, 1.807) is 0 Å². The standard InChI is InChI=1S/C21H26N4O2/c1-3-5-13-25-19(22)18(20(26)23-21(25)27)24(4-2)14-16-11-8-10-15-9-6-7-12-17(15)16/h6-12H,3-5,13-14,22H2,1-2H3,(H,23,26,27). The molecule has 0 unspecified atom stereocenters. The third-order valence-corrected chi connectivity index (χ3v) is 4.89.